The lowest BCUT2D eigenvalue weighted by Gasteiger charge is -2.32. The van der Waals surface area contributed by atoms with Crippen molar-refractivity contribution in [3.05, 3.63) is 196 Å². The first-order valence-electron chi connectivity index (χ1n) is 31.4. The van der Waals surface area contributed by atoms with Crippen LogP contribution in [-0.4, -0.2) is 99.6 Å². The SMILES string of the molecule is CCC(=O)c1c(-c2ccc(F)cc2)oc2cc(N(C)S(C)(=O)=O)c(B3OC(C)(C)C(C)(C)O3)cc12.CNC(=O)c1c(-c2ccc(F)cc2)oc2cc(N(C)S(C)(=O)=O)c(-c3ccc4c(n3)-c3cc5cc(F)ccc5n3CC4)cc12.Fc1ccc2c(c1)cc1n2CCc2ccc(Cl)nc2-1. The minimum atomic E-state index is -3.72. The van der Waals surface area contributed by atoms with Crippen molar-refractivity contribution in [1.29, 1.82) is 0 Å². The number of aryl methyl sites for hydroxylation is 4. The molecular formula is C73H65BClF4N7O10S2. The molecular weight excluding hydrogens is 1320 g/mol. The molecule has 0 spiro atoms. The first-order valence-corrected chi connectivity index (χ1v) is 35.4. The molecule has 6 aromatic heterocycles. The highest BCUT2D eigenvalue weighted by molar-refractivity contribution is 7.92. The zero-order valence-corrected chi connectivity index (χ0v) is 57.3. The monoisotopic (exact) mass is 1390 g/mol. The van der Waals surface area contributed by atoms with Crippen LogP contribution in [0.25, 0.3) is 100 Å². The number of hydrogen-bond acceptors (Lipinski definition) is 12. The van der Waals surface area contributed by atoms with Crippen LogP contribution in [-0.2, 0) is 55.3 Å². The summed E-state index contributed by atoms with van der Waals surface area (Å²) in [5.41, 5.74) is 10.5. The van der Waals surface area contributed by atoms with E-state index < -0.39 is 55.9 Å². The number of rotatable bonds is 11. The Hall–Kier alpha value is -9.59. The van der Waals surface area contributed by atoms with Gasteiger partial charge in [0.1, 0.15) is 51.1 Å². The molecule has 3 aliphatic rings. The molecule has 17 nitrogen and oxygen atoms in total. The van der Waals surface area contributed by atoms with Gasteiger partial charge in [0.05, 0.1) is 74.7 Å². The number of Topliss-reactive ketones (excluding diaryl/α,β-unsaturated/α-hetero) is 1. The van der Waals surface area contributed by atoms with Crippen LogP contribution < -0.4 is 19.4 Å². The second-order valence-electron chi connectivity index (χ2n) is 25.4. The lowest BCUT2D eigenvalue weighted by atomic mass is 9.76. The quantitative estimate of drug-likeness (QED) is 0.0556. The molecule has 3 aliphatic heterocycles. The molecule has 1 amide bonds. The van der Waals surface area contributed by atoms with Gasteiger partial charge in [0.2, 0.25) is 20.0 Å². The fraction of sp³-hybridized carbons (Fsp3) is 0.233. The van der Waals surface area contributed by atoms with Crippen LogP contribution in [0.3, 0.4) is 0 Å². The number of halogens is 5. The molecule has 12 aromatic rings. The van der Waals surface area contributed by atoms with Gasteiger partial charge >= 0.3 is 7.12 Å². The fourth-order valence-corrected chi connectivity index (χ4v) is 13.9. The second kappa shape index (κ2) is 25.1. The van der Waals surface area contributed by atoms with Crippen molar-refractivity contribution >= 4 is 111 Å². The summed E-state index contributed by atoms with van der Waals surface area (Å²) < 4.78 is 136. The molecule has 502 valence electrons. The van der Waals surface area contributed by atoms with E-state index >= 15 is 0 Å². The van der Waals surface area contributed by atoms with Gasteiger partial charge in [-0.2, -0.15) is 0 Å². The number of pyridine rings is 2. The van der Waals surface area contributed by atoms with Crippen molar-refractivity contribution < 1.29 is 62.1 Å². The average Bonchev–Trinajstić information content (AvgIpc) is 1.67. The van der Waals surface area contributed by atoms with Crippen LogP contribution in [0.4, 0.5) is 28.9 Å². The Morgan fingerprint density at radius 3 is 1.55 bits per heavy atom. The molecule has 15 rings (SSSR count). The number of nitrogens with one attached hydrogen (secondary N) is 1. The topological polar surface area (TPSA) is 201 Å². The number of benzene rings is 6. The summed E-state index contributed by atoms with van der Waals surface area (Å²) >= 11 is 5.99. The number of ketones is 1. The van der Waals surface area contributed by atoms with Crippen LogP contribution >= 0.6 is 11.6 Å². The lowest BCUT2D eigenvalue weighted by molar-refractivity contribution is 0.00578. The Morgan fingerprint density at radius 1 is 0.592 bits per heavy atom. The molecule has 1 N–H and O–H groups in total. The van der Waals surface area contributed by atoms with Crippen molar-refractivity contribution in [1.82, 2.24) is 24.4 Å². The molecule has 1 saturated heterocycles. The predicted molar refractivity (Wildman–Crippen MR) is 375 cm³/mol. The minimum Gasteiger partial charge on any atom is -0.455 e. The van der Waals surface area contributed by atoms with Gasteiger partial charge in [-0.15, -0.1) is 0 Å². The molecule has 0 radical (unpaired) electrons. The van der Waals surface area contributed by atoms with Gasteiger partial charge in [0.15, 0.2) is 5.78 Å². The Kier molecular flexibility index (Phi) is 17.1. The molecule has 9 heterocycles. The number of nitrogens with zero attached hydrogens (tertiary/aromatic N) is 6. The van der Waals surface area contributed by atoms with Gasteiger partial charge in [0.25, 0.3) is 5.91 Å². The maximum Gasteiger partial charge on any atom is 0.497 e. The lowest BCUT2D eigenvalue weighted by Crippen LogP contribution is -2.41. The van der Waals surface area contributed by atoms with Gasteiger partial charge < -0.3 is 32.6 Å². The zero-order chi connectivity index (χ0) is 69.8. The summed E-state index contributed by atoms with van der Waals surface area (Å²) in [6, 6.07) is 38.9. The van der Waals surface area contributed by atoms with Crippen molar-refractivity contribution in [2.75, 3.05) is 42.3 Å². The highest BCUT2D eigenvalue weighted by atomic mass is 35.5. The first-order chi connectivity index (χ1) is 46.4. The van der Waals surface area contributed by atoms with E-state index in [0.29, 0.717) is 84.3 Å². The van der Waals surface area contributed by atoms with Crippen LogP contribution in [0.2, 0.25) is 5.15 Å². The maximum absolute atomic E-state index is 14.0. The molecule has 0 aliphatic carbocycles. The summed E-state index contributed by atoms with van der Waals surface area (Å²) in [5, 5.41) is 5.75. The van der Waals surface area contributed by atoms with E-state index in [0.717, 1.165) is 85.0 Å². The molecule has 0 unspecified atom stereocenters. The van der Waals surface area contributed by atoms with E-state index in [-0.39, 0.29) is 40.7 Å². The number of hydrogen-bond donors (Lipinski definition) is 1. The number of carbonyl (C=O) groups excluding carboxylic acids is 2. The third-order valence-corrected chi connectivity index (χ3v) is 21.3. The summed E-state index contributed by atoms with van der Waals surface area (Å²) in [6.45, 7) is 11.0. The Morgan fingerprint density at radius 2 is 1.05 bits per heavy atom. The van der Waals surface area contributed by atoms with Crippen molar-refractivity contribution in [3.63, 3.8) is 0 Å². The van der Waals surface area contributed by atoms with Crippen LogP contribution in [0, 0.1) is 23.3 Å². The van der Waals surface area contributed by atoms with Crippen LogP contribution in [0.1, 0.15) is 72.9 Å². The number of amides is 1. The van der Waals surface area contributed by atoms with Gasteiger partial charge in [0, 0.05) is 108 Å². The highest BCUT2D eigenvalue weighted by Crippen LogP contribution is 2.45. The van der Waals surface area contributed by atoms with Crippen molar-refractivity contribution in [2.45, 2.75) is 78.2 Å². The van der Waals surface area contributed by atoms with Gasteiger partial charge in [-0.25, -0.2) is 44.4 Å². The van der Waals surface area contributed by atoms with E-state index in [1.165, 1.54) is 93.4 Å². The Balaban J connectivity index is 0.000000142. The summed E-state index contributed by atoms with van der Waals surface area (Å²) in [7, 11) is -3.87. The van der Waals surface area contributed by atoms with E-state index in [1.54, 1.807) is 43.3 Å². The van der Waals surface area contributed by atoms with Crippen LogP contribution in [0.15, 0.2) is 154 Å². The predicted octanol–water partition coefficient (Wildman–Crippen LogP) is 15.0. The normalized spacial score (nSPS) is 14.5. The third kappa shape index (κ3) is 12.2. The molecule has 0 saturated carbocycles. The summed E-state index contributed by atoms with van der Waals surface area (Å²) in [5.74, 6) is -1.45. The van der Waals surface area contributed by atoms with E-state index in [2.05, 4.69) is 19.4 Å². The molecule has 0 atom stereocenters. The Bertz CT molecular complexity index is 5490. The van der Waals surface area contributed by atoms with Gasteiger partial charge in [-0.1, -0.05) is 30.7 Å². The number of aromatic nitrogens is 4. The fourth-order valence-electron chi connectivity index (χ4n) is 12.7. The average molecular weight is 1390 g/mol. The van der Waals surface area contributed by atoms with Crippen LogP contribution in [0.5, 0.6) is 0 Å². The van der Waals surface area contributed by atoms with E-state index in [9.17, 15) is 44.0 Å². The number of carbonyl (C=O) groups is 2. The second-order valence-corrected chi connectivity index (χ2v) is 29.8. The maximum atomic E-state index is 14.0. The van der Waals surface area contributed by atoms with E-state index in [4.69, 9.17) is 34.7 Å². The van der Waals surface area contributed by atoms with Crippen molar-refractivity contribution in [2.24, 2.45) is 0 Å². The number of fused-ring (bicyclic) bond motifs is 12. The number of anilines is 2. The first kappa shape index (κ1) is 67.0. The summed E-state index contributed by atoms with van der Waals surface area (Å²) in [6.07, 6.45) is 4.06. The molecule has 25 heteroatoms. The number of sulfonamides is 2. The van der Waals surface area contributed by atoms with Crippen molar-refractivity contribution in [3.8, 4) is 56.7 Å². The molecule has 1 fully saturated rings. The standard InChI is InChI=1S/C33H26F2N4O4S.C25H29BFNO6S.C15H10ClFN2/c1-36-33(40)30-24-16-23(27(38(2)44(3,41)42)17-29(24)43-32(30)19-4-7-21(34)8-5-19)25-10-6-18-12-13-39-26-11-9-22(35)14-20(26)15-28(39)31(18)37-25;1-8-20(29)22-17-13-18(26-33-24(2,3)25(4,5)34-26)19(28(6)35(7,30)31)14-21(17)32-23(22)15-9-11-16(27)12-10-15;16-14-4-1-9-5-6-19-12-3-2-11(17)7-10(12)8-13(19)15(9)18-14/h4-11,14-17H,12-13H2,1-3H3,(H,36,40);9-14H,8H2,1-7H3;1-4,7-8H,5-6H2. The number of furan rings is 2. The molecule has 98 heavy (non-hydrogen) atoms. The summed E-state index contributed by atoms with van der Waals surface area (Å²) in [4.78, 5) is 35.7. The van der Waals surface area contributed by atoms with E-state index in [1.807, 2.05) is 70.2 Å². The minimum absolute atomic E-state index is 0.160. The van der Waals surface area contributed by atoms with Gasteiger partial charge in [-0.05, 0) is 173 Å². The smallest absolute Gasteiger partial charge is 0.455 e. The van der Waals surface area contributed by atoms with Gasteiger partial charge in [-0.3, -0.25) is 18.2 Å². The molecule has 0 bridgehead atoms. The molecule has 6 aromatic carbocycles. The zero-order valence-electron chi connectivity index (χ0n) is 54.9. The third-order valence-electron chi connectivity index (χ3n) is 18.7. The Labute approximate surface area is 567 Å². The largest absolute Gasteiger partial charge is 0.497 e. The highest BCUT2D eigenvalue weighted by Gasteiger charge is 2.53.